The summed E-state index contributed by atoms with van der Waals surface area (Å²) in [7, 11) is 0. The minimum Gasteiger partial charge on any atom is -0.444 e. The summed E-state index contributed by atoms with van der Waals surface area (Å²) in [6.07, 6.45) is 8.48. The van der Waals surface area contributed by atoms with Gasteiger partial charge in [0.2, 0.25) is 0 Å². The number of ketones is 1. The van der Waals surface area contributed by atoms with E-state index in [1.54, 1.807) is 6.07 Å². The molecular weight excluding hydrogens is 314 g/mol. The van der Waals surface area contributed by atoms with Crippen LogP contribution in [0.15, 0.2) is 24.3 Å². The third-order valence-corrected chi connectivity index (χ3v) is 5.02. The van der Waals surface area contributed by atoms with Crippen molar-refractivity contribution >= 4 is 11.9 Å². The average molecular weight is 339 g/mol. The molecule has 2 atom stereocenters. The van der Waals surface area contributed by atoms with Gasteiger partial charge in [-0.2, -0.15) is 0 Å². The van der Waals surface area contributed by atoms with E-state index in [2.05, 4.69) is 5.92 Å². The van der Waals surface area contributed by atoms with Crippen molar-refractivity contribution in [3.63, 3.8) is 0 Å². The molecule has 132 valence electrons. The summed E-state index contributed by atoms with van der Waals surface area (Å²) in [6, 6.07) is 7.45. The second-order valence-corrected chi connectivity index (χ2v) is 8.03. The molecule has 2 fully saturated rings. The van der Waals surface area contributed by atoms with Gasteiger partial charge in [0.15, 0.2) is 5.78 Å². The third-order valence-electron chi connectivity index (χ3n) is 5.02. The van der Waals surface area contributed by atoms with Crippen molar-refractivity contribution in [1.82, 2.24) is 4.90 Å². The summed E-state index contributed by atoms with van der Waals surface area (Å²) in [4.78, 5) is 27.3. The van der Waals surface area contributed by atoms with Crippen LogP contribution < -0.4 is 0 Å². The first-order chi connectivity index (χ1) is 11.8. The van der Waals surface area contributed by atoms with Crippen LogP contribution in [-0.4, -0.2) is 34.5 Å². The van der Waals surface area contributed by atoms with Crippen molar-refractivity contribution in [2.24, 2.45) is 5.92 Å². The predicted molar refractivity (Wildman–Crippen MR) is 96.3 cm³/mol. The smallest absolute Gasteiger partial charge is 0.410 e. The summed E-state index contributed by atoms with van der Waals surface area (Å²) < 4.78 is 5.55. The van der Waals surface area contributed by atoms with Crippen molar-refractivity contribution in [2.45, 2.75) is 64.1 Å². The van der Waals surface area contributed by atoms with E-state index in [-0.39, 0.29) is 29.9 Å². The number of carbonyl (C=O) groups is 2. The highest BCUT2D eigenvalue weighted by molar-refractivity contribution is 5.98. The first kappa shape index (κ1) is 17.5. The number of hydrogen-bond acceptors (Lipinski definition) is 3. The summed E-state index contributed by atoms with van der Waals surface area (Å²) in [5.74, 6) is 2.66. The van der Waals surface area contributed by atoms with Gasteiger partial charge in [0, 0.05) is 29.1 Å². The molecular formula is C21H25NO3. The molecule has 3 rings (SSSR count). The van der Waals surface area contributed by atoms with Crippen molar-refractivity contribution in [2.75, 3.05) is 0 Å². The van der Waals surface area contributed by atoms with Gasteiger partial charge in [0.05, 0.1) is 0 Å². The maximum absolute atomic E-state index is 12.9. The van der Waals surface area contributed by atoms with Crippen LogP contribution in [0, 0.1) is 18.3 Å². The molecule has 2 aliphatic rings. The number of Topliss-reactive ketones (excluding diaryl/α,β-unsaturated/α-hetero) is 1. The van der Waals surface area contributed by atoms with E-state index in [9.17, 15) is 9.59 Å². The Morgan fingerprint density at radius 2 is 1.84 bits per heavy atom. The SMILES string of the molecule is C#Cc1cccc(C(=O)C2CC3CCC(C2)N3C(=O)OC(C)(C)C)c1. The first-order valence-electron chi connectivity index (χ1n) is 8.90. The van der Waals surface area contributed by atoms with Gasteiger partial charge in [-0.05, 0) is 58.6 Å². The Bertz CT molecular complexity index is 711. The highest BCUT2D eigenvalue weighted by Gasteiger charge is 2.46. The van der Waals surface area contributed by atoms with Gasteiger partial charge in [0.1, 0.15) is 5.60 Å². The molecule has 1 aromatic rings. The monoisotopic (exact) mass is 339 g/mol. The molecule has 0 aliphatic carbocycles. The van der Waals surface area contributed by atoms with Crippen LogP contribution in [0.4, 0.5) is 4.79 Å². The lowest BCUT2D eigenvalue weighted by Crippen LogP contribution is -2.49. The number of terminal acetylenes is 1. The number of hydrogen-bond donors (Lipinski definition) is 0. The first-order valence-corrected chi connectivity index (χ1v) is 8.90. The molecule has 2 bridgehead atoms. The van der Waals surface area contributed by atoms with Gasteiger partial charge in [-0.1, -0.05) is 18.1 Å². The van der Waals surface area contributed by atoms with E-state index in [1.165, 1.54) is 0 Å². The number of amides is 1. The van der Waals surface area contributed by atoms with Gasteiger partial charge in [-0.3, -0.25) is 4.79 Å². The molecule has 0 aromatic heterocycles. The maximum Gasteiger partial charge on any atom is 0.410 e. The van der Waals surface area contributed by atoms with E-state index in [4.69, 9.17) is 11.2 Å². The van der Waals surface area contributed by atoms with Crippen LogP contribution in [-0.2, 0) is 4.74 Å². The number of piperidine rings is 1. The zero-order valence-corrected chi connectivity index (χ0v) is 15.1. The number of benzene rings is 1. The fourth-order valence-corrected chi connectivity index (χ4v) is 4.00. The molecule has 4 nitrogen and oxygen atoms in total. The van der Waals surface area contributed by atoms with Crippen molar-refractivity contribution in [3.8, 4) is 12.3 Å². The molecule has 1 aromatic carbocycles. The summed E-state index contributed by atoms with van der Waals surface area (Å²) in [5.41, 5.74) is 0.893. The molecule has 2 unspecified atom stereocenters. The van der Waals surface area contributed by atoms with Crippen molar-refractivity contribution in [1.29, 1.82) is 0 Å². The largest absolute Gasteiger partial charge is 0.444 e. The van der Waals surface area contributed by atoms with Crippen molar-refractivity contribution < 1.29 is 14.3 Å². The van der Waals surface area contributed by atoms with E-state index >= 15 is 0 Å². The van der Waals surface area contributed by atoms with Gasteiger partial charge >= 0.3 is 6.09 Å². The minimum absolute atomic E-state index is 0.0517. The Hall–Kier alpha value is -2.28. The van der Waals surface area contributed by atoms with Crippen LogP contribution in [0.3, 0.4) is 0 Å². The molecule has 0 spiro atoms. The number of nitrogens with zero attached hydrogens (tertiary/aromatic N) is 1. The summed E-state index contributed by atoms with van der Waals surface area (Å²) in [6.45, 7) is 5.63. The Kier molecular flexibility index (Phi) is 4.60. The number of ether oxygens (including phenoxy) is 1. The zero-order valence-electron chi connectivity index (χ0n) is 15.1. The van der Waals surface area contributed by atoms with Crippen LogP contribution in [0.2, 0.25) is 0 Å². The van der Waals surface area contributed by atoms with Gasteiger partial charge < -0.3 is 9.64 Å². The molecule has 0 radical (unpaired) electrons. The maximum atomic E-state index is 12.9. The van der Waals surface area contributed by atoms with Gasteiger partial charge in [0.25, 0.3) is 0 Å². The number of fused-ring (bicyclic) bond motifs is 2. The number of carbonyl (C=O) groups excluding carboxylic acids is 2. The molecule has 4 heteroatoms. The molecule has 0 saturated carbocycles. The fourth-order valence-electron chi connectivity index (χ4n) is 4.00. The Morgan fingerprint density at radius 3 is 2.40 bits per heavy atom. The highest BCUT2D eigenvalue weighted by atomic mass is 16.6. The second-order valence-electron chi connectivity index (χ2n) is 8.03. The van der Waals surface area contributed by atoms with Crippen molar-refractivity contribution in [3.05, 3.63) is 35.4 Å². The molecule has 25 heavy (non-hydrogen) atoms. The lowest BCUT2D eigenvalue weighted by atomic mass is 9.84. The average Bonchev–Trinajstić information content (AvgIpc) is 2.83. The second kappa shape index (κ2) is 6.55. The zero-order chi connectivity index (χ0) is 18.2. The standard InChI is InChI=1S/C21H25NO3/c1-5-14-7-6-8-15(11-14)19(23)16-12-17-9-10-18(13-16)22(17)20(24)25-21(2,3)4/h1,6-8,11,16-18H,9-10,12-13H2,2-4H3. The molecule has 2 heterocycles. The Labute approximate surface area is 149 Å². The van der Waals surface area contributed by atoms with Crippen LogP contribution in [0.5, 0.6) is 0 Å². The molecule has 2 saturated heterocycles. The highest BCUT2D eigenvalue weighted by Crippen LogP contribution is 2.40. The van der Waals surface area contributed by atoms with Crippen LogP contribution in [0.25, 0.3) is 0 Å². The van der Waals surface area contributed by atoms with Crippen LogP contribution in [0.1, 0.15) is 62.4 Å². The normalized spacial score (nSPS) is 25.4. The van der Waals surface area contributed by atoms with E-state index in [0.29, 0.717) is 18.4 Å². The summed E-state index contributed by atoms with van der Waals surface area (Å²) >= 11 is 0. The molecule has 0 N–H and O–H groups in total. The lowest BCUT2D eigenvalue weighted by molar-refractivity contribution is 0.00254. The number of rotatable bonds is 2. The topological polar surface area (TPSA) is 46.6 Å². The van der Waals surface area contributed by atoms with E-state index < -0.39 is 5.60 Å². The minimum atomic E-state index is -0.501. The van der Waals surface area contributed by atoms with Gasteiger partial charge in [-0.15, -0.1) is 6.42 Å². The third kappa shape index (κ3) is 3.71. The quantitative estimate of drug-likeness (QED) is 0.604. The van der Waals surface area contributed by atoms with Gasteiger partial charge in [-0.25, -0.2) is 4.79 Å². The molecule has 2 aliphatic heterocycles. The summed E-state index contributed by atoms with van der Waals surface area (Å²) in [5, 5.41) is 0. The lowest BCUT2D eigenvalue weighted by Gasteiger charge is -2.39. The Balaban J connectivity index is 1.72. The van der Waals surface area contributed by atoms with E-state index in [1.807, 2.05) is 43.9 Å². The Morgan fingerprint density at radius 1 is 1.20 bits per heavy atom. The fraction of sp³-hybridized carbons (Fsp3) is 0.524. The molecule has 1 amide bonds. The van der Waals surface area contributed by atoms with E-state index in [0.717, 1.165) is 18.4 Å². The van der Waals surface area contributed by atoms with Crippen LogP contribution >= 0.6 is 0 Å². The predicted octanol–water partition coefficient (Wildman–Crippen LogP) is 4.03.